The third-order valence-corrected chi connectivity index (χ3v) is 2.41. The molecule has 0 aromatic heterocycles. The Morgan fingerprint density at radius 2 is 2.00 bits per heavy atom. The highest BCUT2D eigenvalue weighted by Gasteiger charge is 2.14. The highest BCUT2D eigenvalue weighted by molar-refractivity contribution is 5.85. The minimum absolute atomic E-state index is 0.178. The standard InChI is InChI=1S/C13H18N2O4/c1-18-12(16)9-15-13(17)11(14)7-8-19-10-5-3-2-4-6-10/h2-6,11H,7-9,14H2,1H3,(H,15,17)/t11-/m0/s1. The van der Waals surface area contributed by atoms with Gasteiger partial charge in [-0.2, -0.15) is 0 Å². The van der Waals surface area contributed by atoms with E-state index in [1.807, 2.05) is 30.3 Å². The average molecular weight is 266 g/mol. The Hall–Kier alpha value is -2.08. The van der Waals surface area contributed by atoms with Gasteiger partial charge in [0, 0.05) is 6.42 Å². The number of nitrogens with two attached hydrogens (primary N) is 1. The Kier molecular flexibility index (Phi) is 6.38. The quantitative estimate of drug-likeness (QED) is 0.682. The molecule has 1 atom stereocenters. The zero-order chi connectivity index (χ0) is 14.1. The SMILES string of the molecule is COC(=O)CNC(=O)[C@@H](N)CCOc1ccccc1. The van der Waals surface area contributed by atoms with Gasteiger partial charge < -0.3 is 20.5 Å². The number of ether oxygens (including phenoxy) is 2. The van der Waals surface area contributed by atoms with Gasteiger partial charge >= 0.3 is 5.97 Å². The largest absolute Gasteiger partial charge is 0.494 e. The fourth-order valence-electron chi connectivity index (χ4n) is 1.31. The van der Waals surface area contributed by atoms with E-state index in [4.69, 9.17) is 10.5 Å². The molecule has 0 aliphatic rings. The lowest BCUT2D eigenvalue weighted by atomic mass is 10.2. The van der Waals surface area contributed by atoms with E-state index in [0.29, 0.717) is 13.0 Å². The van der Waals surface area contributed by atoms with E-state index in [1.54, 1.807) is 0 Å². The van der Waals surface area contributed by atoms with Crippen molar-refractivity contribution < 1.29 is 19.1 Å². The van der Waals surface area contributed by atoms with Crippen molar-refractivity contribution in [3.8, 4) is 5.75 Å². The molecule has 0 spiro atoms. The monoisotopic (exact) mass is 266 g/mol. The number of nitrogens with one attached hydrogen (secondary N) is 1. The third kappa shape index (κ3) is 5.87. The first-order valence-corrected chi connectivity index (χ1v) is 5.91. The number of methoxy groups -OCH3 is 1. The molecule has 0 saturated carbocycles. The lowest BCUT2D eigenvalue weighted by molar-refractivity contribution is -0.141. The van der Waals surface area contributed by atoms with Gasteiger partial charge in [-0.3, -0.25) is 9.59 Å². The molecule has 0 bridgehead atoms. The molecule has 104 valence electrons. The summed E-state index contributed by atoms with van der Waals surface area (Å²) in [6, 6.07) is 8.54. The van der Waals surface area contributed by atoms with Gasteiger partial charge in [0.1, 0.15) is 12.3 Å². The number of para-hydroxylation sites is 1. The topological polar surface area (TPSA) is 90.7 Å². The second kappa shape index (κ2) is 8.10. The molecule has 1 aromatic rings. The minimum atomic E-state index is -0.714. The molecule has 19 heavy (non-hydrogen) atoms. The van der Waals surface area contributed by atoms with Crippen molar-refractivity contribution in [2.45, 2.75) is 12.5 Å². The summed E-state index contributed by atoms with van der Waals surface area (Å²) in [4.78, 5) is 22.3. The Morgan fingerprint density at radius 1 is 1.32 bits per heavy atom. The number of carbonyl (C=O) groups is 2. The first kappa shape index (κ1) is 15.0. The maximum Gasteiger partial charge on any atom is 0.325 e. The highest BCUT2D eigenvalue weighted by Crippen LogP contribution is 2.08. The number of rotatable bonds is 7. The molecule has 0 heterocycles. The van der Waals surface area contributed by atoms with Crippen LogP contribution in [-0.2, 0) is 14.3 Å². The van der Waals surface area contributed by atoms with Crippen LogP contribution in [0.15, 0.2) is 30.3 Å². The molecule has 0 radical (unpaired) electrons. The molecule has 0 fully saturated rings. The molecule has 0 unspecified atom stereocenters. The Morgan fingerprint density at radius 3 is 2.63 bits per heavy atom. The highest BCUT2D eigenvalue weighted by atomic mass is 16.5. The van der Waals surface area contributed by atoms with Crippen molar-refractivity contribution in [2.75, 3.05) is 20.3 Å². The summed E-state index contributed by atoms with van der Waals surface area (Å²) < 4.78 is 9.82. The van der Waals surface area contributed by atoms with Gasteiger partial charge in [0.25, 0.3) is 0 Å². The second-order valence-corrected chi connectivity index (χ2v) is 3.85. The van der Waals surface area contributed by atoms with Crippen LogP contribution < -0.4 is 15.8 Å². The molecule has 1 amide bonds. The van der Waals surface area contributed by atoms with Gasteiger partial charge in [-0.15, -0.1) is 0 Å². The Bertz CT molecular complexity index is 408. The summed E-state index contributed by atoms with van der Waals surface area (Å²) in [6.45, 7) is 0.152. The maximum absolute atomic E-state index is 11.5. The van der Waals surface area contributed by atoms with Crippen LogP contribution in [0.3, 0.4) is 0 Å². The zero-order valence-corrected chi connectivity index (χ0v) is 10.8. The minimum Gasteiger partial charge on any atom is -0.494 e. The van der Waals surface area contributed by atoms with E-state index in [2.05, 4.69) is 10.1 Å². The predicted molar refractivity (Wildman–Crippen MR) is 69.6 cm³/mol. The van der Waals surface area contributed by atoms with Crippen LogP contribution in [-0.4, -0.2) is 38.2 Å². The van der Waals surface area contributed by atoms with Crippen LogP contribution in [0.5, 0.6) is 5.75 Å². The van der Waals surface area contributed by atoms with E-state index in [-0.39, 0.29) is 6.54 Å². The second-order valence-electron chi connectivity index (χ2n) is 3.85. The van der Waals surface area contributed by atoms with E-state index < -0.39 is 17.9 Å². The molecule has 0 aliphatic heterocycles. The van der Waals surface area contributed by atoms with Crippen molar-refractivity contribution in [1.29, 1.82) is 0 Å². The Balaban J connectivity index is 2.21. The van der Waals surface area contributed by atoms with Crippen LogP contribution in [0.1, 0.15) is 6.42 Å². The van der Waals surface area contributed by atoms with Crippen LogP contribution >= 0.6 is 0 Å². The molecule has 1 rings (SSSR count). The third-order valence-electron chi connectivity index (χ3n) is 2.41. The van der Waals surface area contributed by atoms with Gasteiger partial charge in [-0.05, 0) is 12.1 Å². The molecule has 0 aliphatic carbocycles. The molecule has 3 N–H and O–H groups in total. The van der Waals surface area contributed by atoms with Gasteiger partial charge in [0.05, 0.1) is 19.8 Å². The number of amides is 1. The van der Waals surface area contributed by atoms with E-state index in [9.17, 15) is 9.59 Å². The lowest BCUT2D eigenvalue weighted by Gasteiger charge is -2.12. The summed E-state index contributed by atoms with van der Waals surface area (Å²) in [5.74, 6) is -0.187. The summed E-state index contributed by atoms with van der Waals surface area (Å²) >= 11 is 0. The number of hydrogen-bond donors (Lipinski definition) is 2. The molecule has 6 heteroatoms. The first-order chi connectivity index (χ1) is 9.13. The smallest absolute Gasteiger partial charge is 0.325 e. The number of hydrogen-bond acceptors (Lipinski definition) is 5. The van der Waals surface area contributed by atoms with Crippen molar-refractivity contribution in [3.63, 3.8) is 0 Å². The van der Waals surface area contributed by atoms with Crippen LogP contribution in [0.25, 0.3) is 0 Å². The number of esters is 1. The summed E-state index contributed by atoms with van der Waals surface area (Å²) in [5.41, 5.74) is 5.66. The van der Waals surface area contributed by atoms with Crippen LogP contribution in [0.2, 0.25) is 0 Å². The van der Waals surface area contributed by atoms with Crippen molar-refractivity contribution in [1.82, 2.24) is 5.32 Å². The van der Waals surface area contributed by atoms with E-state index in [1.165, 1.54) is 7.11 Å². The summed E-state index contributed by atoms with van der Waals surface area (Å²) in [7, 11) is 1.25. The molecule has 6 nitrogen and oxygen atoms in total. The normalized spacial score (nSPS) is 11.5. The van der Waals surface area contributed by atoms with Gasteiger partial charge in [-0.25, -0.2) is 0 Å². The van der Waals surface area contributed by atoms with Crippen LogP contribution in [0, 0.1) is 0 Å². The van der Waals surface area contributed by atoms with Crippen molar-refractivity contribution >= 4 is 11.9 Å². The van der Waals surface area contributed by atoms with Gasteiger partial charge in [0.15, 0.2) is 0 Å². The fourth-order valence-corrected chi connectivity index (χ4v) is 1.31. The first-order valence-electron chi connectivity index (χ1n) is 5.91. The van der Waals surface area contributed by atoms with Gasteiger partial charge in [-0.1, -0.05) is 18.2 Å². The van der Waals surface area contributed by atoms with Crippen molar-refractivity contribution in [2.24, 2.45) is 5.73 Å². The molecule has 1 aromatic carbocycles. The van der Waals surface area contributed by atoms with Gasteiger partial charge in [0.2, 0.25) is 5.91 Å². The fraction of sp³-hybridized carbons (Fsp3) is 0.385. The number of carbonyl (C=O) groups excluding carboxylic acids is 2. The average Bonchev–Trinajstić information content (AvgIpc) is 2.45. The van der Waals surface area contributed by atoms with Crippen molar-refractivity contribution in [3.05, 3.63) is 30.3 Å². The lowest BCUT2D eigenvalue weighted by Crippen LogP contribution is -2.43. The summed E-state index contributed by atoms with van der Waals surface area (Å²) in [5, 5.41) is 2.39. The van der Waals surface area contributed by atoms with E-state index >= 15 is 0 Å². The van der Waals surface area contributed by atoms with Crippen LogP contribution in [0.4, 0.5) is 0 Å². The number of benzene rings is 1. The molecule has 0 saturated heterocycles. The molecular formula is C13H18N2O4. The Labute approximate surface area is 111 Å². The summed E-state index contributed by atoms with van der Waals surface area (Å²) in [6.07, 6.45) is 0.363. The van der Waals surface area contributed by atoms with E-state index in [0.717, 1.165) is 5.75 Å². The zero-order valence-electron chi connectivity index (χ0n) is 10.8. The molecular weight excluding hydrogens is 248 g/mol. The predicted octanol–water partition coefficient (Wildman–Crippen LogP) is 0.0720. The maximum atomic E-state index is 11.5.